The Morgan fingerprint density at radius 1 is 1.00 bits per heavy atom. The molecule has 4 aromatic rings. The summed E-state index contributed by atoms with van der Waals surface area (Å²) in [6, 6.07) is 27.7. The summed E-state index contributed by atoms with van der Waals surface area (Å²) in [5, 5.41) is 6.37. The van der Waals surface area contributed by atoms with Crippen molar-refractivity contribution in [1.82, 2.24) is 5.32 Å². The molecule has 5 rings (SSSR count). The van der Waals surface area contributed by atoms with Crippen LogP contribution in [0.5, 0.6) is 5.75 Å². The third-order valence-corrected chi connectivity index (χ3v) is 6.64. The van der Waals surface area contributed by atoms with Crippen LogP contribution in [-0.4, -0.2) is 11.1 Å². The van der Waals surface area contributed by atoms with Crippen LogP contribution in [0.25, 0.3) is 16.8 Å². The van der Waals surface area contributed by atoms with Gasteiger partial charge in [-0.2, -0.15) is 0 Å². The van der Waals surface area contributed by atoms with E-state index in [1.54, 1.807) is 6.07 Å². The number of carbonyl (C=O) groups is 1. The summed E-state index contributed by atoms with van der Waals surface area (Å²) in [5.74, 6) is 0.608. The van der Waals surface area contributed by atoms with Crippen molar-refractivity contribution in [3.05, 3.63) is 112 Å². The smallest absolute Gasteiger partial charge is 0.264 e. The Labute approximate surface area is 207 Å². The van der Waals surface area contributed by atoms with Gasteiger partial charge in [0.15, 0.2) is 5.17 Å². The number of rotatable bonds is 5. The largest absolute Gasteiger partial charge is 0.489 e. The fourth-order valence-electron chi connectivity index (χ4n) is 3.68. The standard InChI is InChI=1S/C28H21ClN2O2S/c1-18-9-12-22(29)16-25(18)30-28-31-27(32)26(34-28)15-19-10-13-23(14-11-19)33-17-21-7-4-6-20-5-2-3-8-24(20)21/h2-16H,17H2,1H3,(H,30,31,32)/b26-15-. The number of amides is 1. The number of aryl methyl sites for hydroxylation is 1. The zero-order chi connectivity index (χ0) is 23.5. The molecule has 1 aliphatic heterocycles. The first-order valence-corrected chi connectivity index (χ1v) is 12.0. The molecule has 1 aliphatic rings. The summed E-state index contributed by atoms with van der Waals surface area (Å²) in [5.41, 5.74) is 3.79. The minimum Gasteiger partial charge on any atom is -0.489 e. The van der Waals surface area contributed by atoms with E-state index in [4.69, 9.17) is 16.3 Å². The highest BCUT2D eigenvalue weighted by Gasteiger charge is 2.24. The average Bonchev–Trinajstić information content (AvgIpc) is 3.19. The summed E-state index contributed by atoms with van der Waals surface area (Å²) >= 11 is 7.39. The van der Waals surface area contributed by atoms with Crippen molar-refractivity contribution in [3.63, 3.8) is 0 Å². The molecule has 0 saturated carbocycles. The predicted molar refractivity (Wildman–Crippen MR) is 142 cm³/mol. The monoisotopic (exact) mass is 484 g/mol. The molecule has 1 N–H and O–H groups in total. The molecule has 6 heteroatoms. The number of ether oxygens (including phenoxy) is 1. The Hall–Kier alpha value is -3.54. The van der Waals surface area contributed by atoms with Gasteiger partial charge in [0.25, 0.3) is 5.91 Å². The maximum Gasteiger partial charge on any atom is 0.264 e. The van der Waals surface area contributed by atoms with E-state index in [1.165, 1.54) is 22.5 Å². The average molecular weight is 485 g/mol. The summed E-state index contributed by atoms with van der Waals surface area (Å²) in [6.07, 6.45) is 1.85. The van der Waals surface area contributed by atoms with Gasteiger partial charge in [0.1, 0.15) is 12.4 Å². The molecule has 1 saturated heterocycles. The maximum absolute atomic E-state index is 12.4. The summed E-state index contributed by atoms with van der Waals surface area (Å²) in [7, 11) is 0. The molecule has 0 unspecified atom stereocenters. The van der Waals surface area contributed by atoms with E-state index in [-0.39, 0.29) is 5.91 Å². The first-order valence-electron chi connectivity index (χ1n) is 10.8. The molecule has 34 heavy (non-hydrogen) atoms. The molecule has 0 aromatic heterocycles. The van der Waals surface area contributed by atoms with Gasteiger partial charge >= 0.3 is 0 Å². The van der Waals surface area contributed by atoms with Crippen LogP contribution in [0.2, 0.25) is 5.02 Å². The lowest BCUT2D eigenvalue weighted by Gasteiger charge is -2.09. The number of thioether (sulfide) groups is 1. The number of fused-ring (bicyclic) bond motifs is 1. The second-order valence-electron chi connectivity index (χ2n) is 7.91. The lowest BCUT2D eigenvalue weighted by Crippen LogP contribution is -2.19. The van der Waals surface area contributed by atoms with Gasteiger partial charge in [-0.1, -0.05) is 72.3 Å². The number of hydrogen-bond acceptors (Lipinski definition) is 4. The number of aliphatic imine (C=N–C) groups is 1. The van der Waals surface area contributed by atoms with Crippen molar-refractivity contribution in [2.45, 2.75) is 13.5 Å². The number of nitrogens with zero attached hydrogens (tertiary/aromatic N) is 1. The Morgan fingerprint density at radius 2 is 1.79 bits per heavy atom. The molecule has 1 heterocycles. The topological polar surface area (TPSA) is 50.7 Å². The second kappa shape index (κ2) is 9.75. The fourth-order valence-corrected chi connectivity index (χ4v) is 4.69. The number of amidine groups is 1. The molecular formula is C28H21ClN2O2S. The highest BCUT2D eigenvalue weighted by Crippen LogP contribution is 2.30. The van der Waals surface area contributed by atoms with Crippen LogP contribution in [0, 0.1) is 6.92 Å². The van der Waals surface area contributed by atoms with Gasteiger partial charge in [-0.05, 0) is 76.5 Å². The van der Waals surface area contributed by atoms with Crippen LogP contribution in [-0.2, 0) is 11.4 Å². The maximum atomic E-state index is 12.4. The molecule has 0 spiro atoms. The predicted octanol–water partition coefficient (Wildman–Crippen LogP) is 7.27. The zero-order valence-electron chi connectivity index (χ0n) is 18.4. The zero-order valence-corrected chi connectivity index (χ0v) is 20.0. The van der Waals surface area contributed by atoms with Crippen LogP contribution in [0.3, 0.4) is 0 Å². The number of nitrogens with one attached hydrogen (secondary N) is 1. The normalized spacial score (nSPS) is 15.8. The summed E-state index contributed by atoms with van der Waals surface area (Å²) in [4.78, 5) is 17.6. The molecule has 0 atom stereocenters. The van der Waals surface area contributed by atoms with Crippen LogP contribution in [0.15, 0.2) is 94.8 Å². The van der Waals surface area contributed by atoms with Gasteiger partial charge in [0.2, 0.25) is 0 Å². The van der Waals surface area contributed by atoms with Gasteiger partial charge in [-0.25, -0.2) is 4.99 Å². The SMILES string of the molecule is Cc1ccc(Cl)cc1N=C1NC(=O)/C(=C/c2ccc(OCc3cccc4ccccc34)cc2)S1. The quantitative estimate of drug-likeness (QED) is 0.303. The summed E-state index contributed by atoms with van der Waals surface area (Å²) in [6.45, 7) is 2.45. The molecule has 1 amide bonds. The van der Waals surface area contributed by atoms with Gasteiger partial charge in [0.05, 0.1) is 10.6 Å². The third kappa shape index (κ3) is 5.01. The van der Waals surface area contributed by atoms with Crippen LogP contribution < -0.4 is 10.1 Å². The molecule has 1 fully saturated rings. The molecule has 168 valence electrons. The summed E-state index contributed by atoms with van der Waals surface area (Å²) < 4.78 is 6.02. The van der Waals surface area contributed by atoms with E-state index in [1.807, 2.05) is 67.6 Å². The number of carbonyl (C=O) groups excluding carboxylic acids is 1. The van der Waals surface area contributed by atoms with Crippen molar-refractivity contribution >= 4 is 57.0 Å². The molecule has 0 aliphatic carbocycles. The Balaban J connectivity index is 1.27. The van der Waals surface area contributed by atoms with Gasteiger partial charge < -0.3 is 10.1 Å². The third-order valence-electron chi connectivity index (χ3n) is 5.50. The lowest BCUT2D eigenvalue weighted by atomic mass is 10.1. The van der Waals surface area contributed by atoms with E-state index in [0.717, 1.165) is 28.1 Å². The van der Waals surface area contributed by atoms with Gasteiger partial charge in [-0.15, -0.1) is 0 Å². The number of hydrogen-bond donors (Lipinski definition) is 1. The Morgan fingerprint density at radius 3 is 2.65 bits per heavy atom. The first-order chi connectivity index (χ1) is 16.5. The van der Waals surface area contributed by atoms with Crippen LogP contribution >= 0.6 is 23.4 Å². The number of benzene rings is 4. The highest BCUT2D eigenvalue weighted by atomic mass is 35.5. The molecule has 0 radical (unpaired) electrons. The highest BCUT2D eigenvalue weighted by molar-refractivity contribution is 8.18. The van der Waals surface area contributed by atoms with E-state index >= 15 is 0 Å². The second-order valence-corrected chi connectivity index (χ2v) is 9.38. The Bertz CT molecular complexity index is 1440. The lowest BCUT2D eigenvalue weighted by molar-refractivity contribution is -0.115. The van der Waals surface area contributed by atoms with Crippen molar-refractivity contribution < 1.29 is 9.53 Å². The van der Waals surface area contributed by atoms with Crippen LogP contribution in [0.4, 0.5) is 5.69 Å². The van der Waals surface area contributed by atoms with Gasteiger partial charge in [0, 0.05) is 5.02 Å². The van der Waals surface area contributed by atoms with Gasteiger partial charge in [-0.3, -0.25) is 4.79 Å². The molecule has 4 nitrogen and oxygen atoms in total. The number of halogens is 1. The fraction of sp³-hybridized carbons (Fsp3) is 0.0714. The van der Waals surface area contributed by atoms with E-state index in [9.17, 15) is 4.79 Å². The van der Waals surface area contributed by atoms with Crippen molar-refractivity contribution in [3.8, 4) is 5.75 Å². The Kier molecular flexibility index (Phi) is 6.39. The molecular weight excluding hydrogens is 464 g/mol. The first kappa shape index (κ1) is 22.3. The minimum atomic E-state index is -0.167. The van der Waals surface area contributed by atoms with Crippen molar-refractivity contribution in [2.24, 2.45) is 4.99 Å². The van der Waals surface area contributed by atoms with Crippen molar-refractivity contribution in [2.75, 3.05) is 0 Å². The van der Waals surface area contributed by atoms with Crippen molar-refractivity contribution in [1.29, 1.82) is 0 Å². The molecule has 4 aromatic carbocycles. The van der Waals surface area contributed by atoms with Crippen LogP contribution in [0.1, 0.15) is 16.7 Å². The van der Waals surface area contributed by atoms with E-state index in [2.05, 4.69) is 34.6 Å². The van der Waals surface area contributed by atoms with E-state index in [0.29, 0.717) is 21.7 Å². The molecule has 0 bridgehead atoms. The van der Waals surface area contributed by atoms with E-state index < -0.39 is 0 Å². The minimum absolute atomic E-state index is 0.167.